The predicted octanol–water partition coefficient (Wildman–Crippen LogP) is 2.14. The van der Waals surface area contributed by atoms with Crippen molar-refractivity contribution >= 4 is 48.4 Å². The Bertz CT molecular complexity index is 1550. The lowest BCUT2D eigenvalue weighted by Gasteiger charge is -2.33. The number of nitrogens with zero attached hydrogens (tertiary/aromatic N) is 3. The molecule has 0 atom stereocenters. The molecule has 0 saturated carbocycles. The van der Waals surface area contributed by atoms with Crippen molar-refractivity contribution in [3.8, 4) is 0 Å². The van der Waals surface area contributed by atoms with Gasteiger partial charge in [-0.25, -0.2) is 35.6 Å². The molecule has 0 aliphatic carbocycles. The Labute approximate surface area is 212 Å². The number of halogens is 2. The smallest absolute Gasteiger partial charge is 0.233 e. The van der Waals surface area contributed by atoms with Crippen LogP contribution in [0.15, 0.2) is 24.7 Å². The number of H-pyrrole nitrogens is 1. The second kappa shape index (κ2) is 10.3. The summed E-state index contributed by atoms with van der Waals surface area (Å²) in [6.07, 6.45) is 4.54. The second-order valence-electron chi connectivity index (χ2n) is 8.70. The van der Waals surface area contributed by atoms with E-state index in [9.17, 15) is 26.0 Å². The van der Waals surface area contributed by atoms with E-state index in [1.807, 2.05) is 4.72 Å². The van der Waals surface area contributed by atoms with Gasteiger partial charge >= 0.3 is 0 Å². The molecular formula is C22H26F2N6O5S2. The summed E-state index contributed by atoms with van der Waals surface area (Å²) in [4.78, 5) is 24.4. The molecule has 4 rings (SSSR count). The fraction of sp³-hybridized carbons (Fsp3) is 0.409. The number of hydrogen-bond acceptors (Lipinski definition) is 8. The standard InChI is InChI=1S/C22H26F2N6O5S2/c1-3-10-37(34,35)29-16-5-4-15(23)18(19(16)24)20(31)14-11-26-21-17(14)22(28-12-27-21)30(36(2,32)33)13-6-8-25-9-7-13/h4-5,11-13,25,29H,3,6-10H2,1-2H3,(H,26,27,28). The lowest BCUT2D eigenvalue weighted by Crippen LogP contribution is -2.46. The Balaban J connectivity index is 1.86. The minimum atomic E-state index is -3.93. The molecule has 0 bridgehead atoms. The molecule has 1 aliphatic rings. The molecule has 3 heterocycles. The molecule has 0 amide bonds. The molecule has 1 aromatic carbocycles. The van der Waals surface area contributed by atoms with Crippen LogP contribution in [0.1, 0.15) is 42.1 Å². The van der Waals surface area contributed by atoms with E-state index < -0.39 is 54.8 Å². The molecular weight excluding hydrogens is 530 g/mol. The molecule has 0 radical (unpaired) electrons. The van der Waals surface area contributed by atoms with E-state index in [0.717, 1.165) is 29.0 Å². The molecule has 2 aromatic heterocycles. The van der Waals surface area contributed by atoms with Crippen molar-refractivity contribution in [3.05, 3.63) is 47.4 Å². The van der Waals surface area contributed by atoms with Gasteiger partial charge in [-0.1, -0.05) is 6.92 Å². The first-order chi connectivity index (χ1) is 17.4. The summed E-state index contributed by atoms with van der Waals surface area (Å²) in [7, 11) is -7.80. The van der Waals surface area contributed by atoms with Crippen LogP contribution in [0.4, 0.5) is 20.3 Å². The molecule has 200 valence electrons. The number of fused-ring (bicyclic) bond motifs is 1. The van der Waals surface area contributed by atoms with Crippen LogP contribution in [0.25, 0.3) is 11.0 Å². The van der Waals surface area contributed by atoms with E-state index in [4.69, 9.17) is 0 Å². The summed E-state index contributed by atoms with van der Waals surface area (Å²) in [6.45, 7) is 2.76. The fourth-order valence-electron chi connectivity index (χ4n) is 4.40. The van der Waals surface area contributed by atoms with Crippen LogP contribution < -0.4 is 14.3 Å². The quantitative estimate of drug-likeness (QED) is 0.339. The minimum Gasteiger partial charge on any atom is -0.345 e. The number of carbonyl (C=O) groups excluding carboxylic acids is 1. The van der Waals surface area contributed by atoms with Crippen LogP contribution in [0, 0.1) is 11.6 Å². The van der Waals surface area contributed by atoms with Gasteiger partial charge in [0.05, 0.1) is 34.2 Å². The highest BCUT2D eigenvalue weighted by Crippen LogP contribution is 2.34. The number of anilines is 2. The van der Waals surface area contributed by atoms with Crippen molar-refractivity contribution in [2.45, 2.75) is 32.2 Å². The molecule has 3 N–H and O–H groups in total. The van der Waals surface area contributed by atoms with Gasteiger partial charge in [-0.05, 0) is 44.5 Å². The predicted molar refractivity (Wildman–Crippen MR) is 135 cm³/mol. The number of benzene rings is 1. The van der Waals surface area contributed by atoms with Crippen LogP contribution in [-0.2, 0) is 20.0 Å². The molecule has 15 heteroatoms. The Hall–Kier alpha value is -3.17. The molecule has 1 fully saturated rings. The number of hydrogen-bond donors (Lipinski definition) is 3. The zero-order chi connectivity index (χ0) is 27.0. The number of piperidine rings is 1. The molecule has 3 aromatic rings. The van der Waals surface area contributed by atoms with E-state index in [1.54, 1.807) is 6.92 Å². The fourth-order valence-corrected chi connectivity index (χ4v) is 6.73. The number of rotatable bonds is 9. The third-order valence-corrected chi connectivity index (χ3v) is 8.62. The largest absolute Gasteiger partial charge is 0.345 e. The zero-order valence-electron chi connectivity index (χ0n) is 20.1. The van der Waals surface area contributed by atoms with Gasteiger partial charge in [0, 0.05) is 12.2 Å². The Kier molecular flexibility index (Phi) is 7.48. The van der Waals surface area contributed by atoms with Crippen LogP contribution in [-0.4, -0.2) is 68.7 Å². The zero-order valence-corrected chi connectivity index (χ0v) is 21.7. The normalized spacial score (nSPS) is 15.1. The number of aromatic nitrogens is 3. The van der Waals surface area contributed by atoms with Gasteiger partial charge in [-0.3, -0.25) is 13.8 Å². The maximum atomic E-state index is 15.3. The lowest BCUT2D eigenvalue weighted by molar-refractivity contribution is 0.103. The minimum absolute atomic E-state index is 0.0211. The SMILES string of the molecule is CCCS(=O)(=O)Nc1ccc(F)c(C(=O)c2c[nH]c3ncnc(N(C4CCNCC4)S(C)(=O)=O)c23)c1F. The Morgan fingerprint density at radius 2 is 1.86 bits per heavy atom. The topological polar surface area (TPSA) is 154 Å². The molecule has 1 aliphatic heterocycles. The third-order valence-electron chi connectivity index (χ3n) is 5.96. The maximum absolute atomic E-state index is 15.3. The van der Waals surface area contributed by atoms with E-state index >= 15 is 4.39 Å². The summed E-state index contributed by atoms with van der Waals surface area (Å²) in [5.74, 6) is -4.13. The monoisotopic (exact) mass is 556 g/mol. The van der Waals surface area contributed by atoms with Gasteiger partial charge in [0.2, 0.25) is 25.8 Å². The third kappa shape index (κ3) is 5.43. The second-order valence-corrected chi connectivity index (χ2v) is 12.4. The molecule has 11 nitrogen and oxygen atoms in total. The lowest BCUT2D eigenvalue weighted by atomic mass is 10.0. The van der Waals surface area contributed by atoms with Crippen molar-refractivity contribution in [2.24, 2.45) is 0 Å². The van der Waals surface area contributed by atoms with Crippen molar-refractivity contribution in [1.29, 1.82) is 0 Å². The van der Waals surface area contributed by atoms with Crippen LogP contribution in [0.3, 0.4) is 0 Å². The molecule has 1 saturated heterocycles. The van der Waals surface area contributed by atoms with Crippen molar-refractivity contribution < 1.29 is 30.4 Å². The summed E-state index contributed by atoms with van der Waals surface area (Å²) >= 11 is 0. The first-order valence-electron chi connectivity index (χ1n) is 11.5. The Morgan fingerprint density at radius 3 is 2.51 bits per heavy atom. The van der Waals surface area contributed by atoms with E-state index in [2.05, 4.69) is 20.3 Å². The molecule has 0 unspecified atom stereocenters. The van der Waals surface area contributed by atoms with Gasteiger partial charge in [0.25, 0.3) is 0 Å². The molecule has 37 heavy (non-hydrogen) atoms. The van der Waals surface area contributed by atoms with Gasteiger partial charge in [0.1, 0.15) is 17.8 Å². The first kappa shape index (κ1) is 26.9. The van der Waals surface area contributed by atoms with Crippen LogP contribution >= 0.6 is 0 Å². The summed E-state index contributed by atoms with van der Waals surface area (Å²) in [6, 6.07) is 1.21. The Morgan fingerprint density at radius 1 is 1.16 bits per heavy atom. The van der Waals surface area contributed by atoms with Gasteiger partial charge in [0.15, 0.2) is 11.6 Å². The van der Waals surface area contributed by atoms with Crippen molar-refractivity contribution in [1.82, 2.24) is 20.3 Å². The van der Waals surface area contributed by atoms with Gasteiger partial charge in [-0.15, -0.1) is 0 Å². The highest BCUT2D eigenvalue weighted by molar-refractivity contribution is 7.92. The molecule has 0 spiro atoms. The summed E-state index contributed by atoms with van der Waals surface area (Å²) in [5.41, 5.74) is -1.75. The number of ketones is 1. The first-order valence-corrected chi connectivity index (χ1v) is 15.0. The van der Waals surface area contributed by atoms with Gasteiger partial charge in [-0.2, -0.15) is 0 Å². The van der Waals surface area contributed by atoms with Crippen molar-refractivity contribution in [2.75, 3.05) is 34.1 Å². The maximum Gasteiger partial charge on any atom is 0.233 e. The average Bonchev–Trinajstić information content (AvgIpc) is 3.26. The number of nitrogens with one attached hydrogen (secondary N) is 3. The summed E-state index contributed by atoms with van der Waals surface area (Å²) < 4.78 is 83.3. The highest BCUT2D eigenvalue weighted by atomic mass is 32.2. The highest BCUT2D eigenvalue weighted by Gasteiger charge is 2.34. The number of sulfonamides is 2. The van der Waals surface area contributed by atoms with E-state index in [-0.39, 0.29) is 34.6 Å². The average molecular weight is 557 g/mol. The summed E-state index contributed by atoms with van der Waals surface area (Å²) in [5, 5.41) is 3.13. The van der Waals surface area contributed by atoms with Crippen LogP contribution in [0.5, 0.6) is 0 Å². The van der Waals surface area contributed by atoms with E-state index in [1.165, 1.54) is 6.20 Å². The van der Waals surface area contributed by atoms with E-state index in [0.29, 0.717) is 25.9 Å². The van der Waals surface area contributed by atoms with Gasteiger partial charge < -0.3 is 10.3 Å². The van der Waals surface area contributed by atoms with Crippen molar-refractivity contribution in [3.63, 3.8) is 0 Å². The number of aromatic amines is 1. The number of carbonyl (C=O) groups is 1. The van der Waals surface area contributed by atoms with Crippen LogP contribution in [0.2, 0.25) is 0 Å².